The van der Waals surface area contributed by atoms with Crippen molar-refractivity contribution in [2.75, 3.05) is 0 Å². The third-order valence-corrected chi connectivity index (χ3v) is 7.90. The number of fused-ring (bicyclic) bond motifs is 2. The van der Waals surface area contributed by atoms with Gasteiger partial charge in [0.1, 0.15) is 11.0 Å². The first-order chi connectivity index (χ1) is 22.4. The summed E-state index contributed by atoms with van der Waals surface area (Å²) in [6.07, 6.45) is 9.08. The van der Waals surface area contributed by atoms with E-state index >= 15 is 0 Å². The maximum atomic E-state index is 10.7. The molecule has 8 heteroatoms. The highest BCUT2D eigenvalue weighted by Gasteiger charge is 2.11. The van der Waals surface area contributed by atoms with E-state index in [2.05, 4.69) is 22.1 Å². The monoisotopic (exact) mass is 614 g/mol. The van der Waals surface area contributed by atoms with Gasteiger partial charge in [0.25, 0.3) is 0 Å². The Labute approximate surface area is 266 Å². The standard InChI is InChI=1S/C38H34N2O6/c41-35(42)7-3-1-5-27-15-21-33-31(23-27)39-37(45-33)29-17-11-25(12-18-29)9-10-26-13-19-30(20-14-26)38-40-32-24-28(16-22-34(32)46-38)6-2-4-8-36(43)44/h9-24H,1-8H2,(H,41,42)(H,43,44). The number of aliphatic carboxylic acids is 2. The largest absolute Gasteiger partial charge is 0.481 e. The van der Waals surface area contributed by atoms with Crippen molar-refractivity contribution >= 4 is 46.3 Å². The fraction of sp³-hybridized carbons (Fsp3) is 0.211. The zero-order valence-corrected chi connectivity index (χ0v) is 25.3. The number of carbonyl (C=O) groups is 2. The highest BCUT2D eigenvalue weighted by molar-refractivity contribution is 5.79. The van der Waals surface area contributed by atoms with Gasteiger partial charge in [-0.3, -0.25) is 9.59 Å². The van der Waals surface area contributed by atoms with Crippen molar-refractivity contribution in [3.8, 4) is 22.9 Å². The van der Waals surface area contributed by atoms with Crippen molar-refractivity contribution in [1.29, 1.82) is 0 Å². The molecule has 0 unspecified atom stereocenters. The van der Waals surface area contributed by atoms with E-state index in [0.717, 1.165) is 81.3 Å². The van der Waals surface area contributed by atoms with Crippen LogP contribution >= 0.6 is 0 Å². The van der Waals surface area contributed by atoms with E-state index in [1.54, 1.807) is 0 Å². The normalized spacial score (nSPS) is 11.6. The van der Waals surface area contributed by atoms with Gasteiger partial charge in [0, 0.05) is 24.0 Å². The lowest BCUT2D eigenvalue weighted by molar-refractivity contribution is -0.138. The van der Waals surface area contributed by atoms with E-state index < -0.39 is 11.9 Å². The van der Waals surface area contributed by atoms with Gasteiger partial charge in [0.15, 0.2) is 11.2 Å². The Morgan fingerprint density at radius 3 is 1.37 bits per heavy atom. The summed E-state index contributed by atoms with van der Waals surface area (Å²) in [4.78, 5) is 30.8. The minimum atomic E-state index is -0.759. The number of hydrogen-bond acceptors (Lipinski definition) is 6. The van der Waals surface area contributed by atoms with Crippen LogP contribution in [-0.2, 0) is 22.4 Å². The summed E-state index contributed by atoms with van der Waals surface area (Å²) < 4.78 is 12.0. The summed E-state index contributed by atoms with van der Waals surface area (Å²) in [6.45, 7) is 0. The Morgan fingerprint density at radius 1 is 0.565 bits per heavy atom. The average Bonchev–Trinajstić information content (AvgIpc) is 3.68. The van der Waals surface area contributed by atoms with Crippen molar-refractivity contribution in [2.24, 2.45) is 0 Å². The number of rotatable bonds is 14. The number of aryl methyl sites for hydroxylation is 2. The van der Waals surface area contributed by atoms with E-state index in [1.807, 2.05) is 84.9 Å². The molecule has 0 aliphatic carbocycles. The van der Waals surface area contributed by atoms with Crippen LogP contribution < -0.4 is 0 Å². The van der Waals surface area contributed by atoms with Crippen molar-refractivity contribution in [1.82, 2.24) is 9.97 Å². The van der Waals surface area contributed by atoms with Crippen LogP contribution in [0.25, 0.3) is 57.3 Å². The van der Waals surface area contributed by atoms with Gasteiger partial charge >= 0.3 is 11.9 Å². The Bertz CT molecular complexity index is 1860. The molecule has 0 amide bonds. The Morgan fingerprint density at radius 2 is 0.978 bits per heavy atom. The maximum Gasteiger partial charge on any atom is 0.303 e. The molecule has 2 heterocycles. The highest BCUT2D eigenvalue weighted by Crippen LogP contribution is 2.28. The number of nitrogens with zero attached hydrogens (tertiary/aromatic N) is 2. The minimum Gasteiger partial charge on any atom is -0.481 e. The number of unbranched alkanes of at least 4 members (excludes halogenated alkanes) is 2. The molecule has 2 N–H and O–H groups in total. The van der Waals surface area contributed by atoms with Gasteiger partial charge in [0.05, 0.1) is 0 Å². The second-order valence-electron chi connectivity index (χ2n) is 11.4. The topological polar surface area (TPSA) is 127 Å². The van der Waals surface area contributed by atoms with E-state index in [1.165, 1.54) is 0 Å². The third kappa shape index (κ3) is 7.77. The molecule has 6 aromatic rings. The number of hydrogen-bond donors (Lipinski definition) is 2. The molecule has 8 nitrogen and oxygen atoms in total. The molecular formula is C38H34N2O6. The van der Waals surface area contributed by atoms with Crippen LogP contribution in [0.15, 0.2) is 93.8 Å². The molecule has 0 saturated heterocycles. The lowest BCUT2D eigenvalue weighted by Gasteiger charge is -1.99. The Hall–Kier alpha value is -5.50. The van der Waals surface area contributed by atoms with E-state index in [0.29, 0.717) is 24.6 Å². The molecule has 2 aromatic heterocycles. The van der Waals surface area contributed by atoms with Crippen LogP contribution in [0.5, 0.6) is 0 Å². The predicted octanol–water partition coefficient (Wildman–Crippen LogP) is 9.07. The first-order valence-corrected chi connectivity index (χ1v) is 15.5. The highest BCUT2D eigenvalue weighted by atomic mass is 16.4. The molecule has 0 aliphatic heterocycles. The first kappa shape index (κ1) is 30.5. The van der Waals surface area contributed by atoms with E-state index in [9.17, 15) is 9.59 Å². The summed E-state index contributed by atoms with van der Waals surface area (Å²) in [7, 11) is 0. The summed E-state index contributed by atoms with van der Waals surface area (Å²) in [6, 6.07) is 28.0. The minimum absolute atomic E-state index is 0.193. The number of carboxylic acids is 2. The number of carboxylic acid groups (broad SMARTS) is 2. The van der Waals surface area contributed by atoms with Gasteiger partial charge in [-0.05, 0) is 109 Å². The molecule has 0 saturated carbocycles. The first-order valence-electron chi connectivity index (χ1n) is 15.5. The third-order valence-electron chi connectivity index (χ3n) is 7.90. The van der Waals surface area contributed by atoms with Crippen molar-refractivity contribution in [2.45, 2.75) is 51.4 Å². The van der Waals surface area contributed by atoms with Crippen LogP contribution in [0, 0.1) is 0 Å². The second kappa shape index (κ2) is 14.1. The summed E-state index contributed by atoms with van der Waals surface area (Å²) >= 11 is 0. The molecule has 0 fully saturated rings. The SMILES string of the molecule is O=C(O)CCCCc1ccc2oc(-c3ccc(C=Cc4ccc(-c5nc6cc(CCCCC(=O)O)ccc6o5)cc4)cc3)nc2c1. The molecule has 0 atom stereocenters. The fourth-order valence-corrected chi connectivity index (χ4v) is 5.38. The molecule has 0 spiro atoms. The van der Waals surface area contributed by atoms with Crippen LogP contribution in [0.1, 0.15) is 60.8 Å². The zero-order chi connectivity index (χ0) is 31.9. The van der Waals surface area contributed by atoms with Gasteiger partial charge in [-0.2, -0.15) is 0 Å². The molecule has 232 valence electrons. The predicted molar refractivity (Wildman–Crippen MR) is 178 cm³/mol. The summed E-state index contributed by atoms with van der Waals surface area (Å²) in [5.74, 6) is -0.388. The van der Waals surface area contributed by atoms with Crippen molar-refractivity contribution in [3.63, 3.8) is 0 Å². The van der Waals surface area contributed by atoms with Crippen molar-refractivity contribution in [3.05, 3.63) is 107 Å². The van der Waals surface area contributed by atoms with E-state index in [-0.39, 0.29) is 12.8 Å². The molecular weight excluding hydrogens is 580 g/mol. The van der Waals surface area contributed by atoms with Crippen LogP contribution in [0.4, 0.5) is 0 Å². The van der Waals surface area contributed by atoms with Gasteiger partial charge in [0.2, 0.25) is 11.8 Å². The van der Waals surface area contributed by atoms with Gasteiger partial charge in [-0.1, -0.05) is 48.6 Å². The van der Waals surface area contributed by atoms with Gasteiger partial charge < -0.3 is 19.0 Å². The van der Waals surface area contributed by atoms with Crippen LogP contribution in [0.2, 0.25) is 0 Å². The molecule has 46 heavy (non-hydrogen) atoms. The molecule has 4 aromatic carbocycles. The van der Waals surface area contributed by atoms with Crippen LogP contribution in [-0.4, -0.2) is 32.1 Å². The smallest absolute Gasteiger partial charge is 0.303 e. The fourth-order valence-electron chi connectivity index (χ4n) is 5.38. The second-order valence-corrected chi connectivity index (χ2v) is 11.4. The number of aromatic nitrogens is 2. The molecule has 6 rings (SSSR count). The molecule has 0 bridgehead atoms. The molecule has 0 aliphatic rings. The van der Waals surface area contributed by atoms with Gasteiger partial charge in [-0.25, -0.2) is 9.97 Å². The quantitative estimate of drug-likeness (QED) is 0.0919. The number of benzene rings is 4. The average molecular weight is 615 g/mol. The zero-order valence-electron chi connectivity index (χ0n) is 25.3. The maximum absolute atomic E-state index is 10.7. The number of oxazole rings is 2. The summed E-state index contributed by atoms with van der Waals surface area (Å²) in [5, 5.41) is 17.6. The van der Waals surface area contributed by atoms with Crippen LogP contribution in [0.3, 0.4) is 0 Å². The Balaban J connectivity index is 1.06. The molecule has 0 radical (unpaired) electrons. The van der Waals surface area contributed by atoms with E-state index in [4.69, 9.17) is 19.0 Å². The lowest BCUT2D eigenvalue weighted by Crippen LogP contribution is -1.94. The van der Waals surface area contributed by atoms with Gasteiger partial charge in [-0.15, -0.1) is 0 Å². The lowest BCUT2D eigenvalue weighted by atomic mass is 10.1. The summed E-state index contributed by atoms with van der Waals surface area (Å²) in [5.41, 5.74) is 9.17. The Kier molecular flexibility index (Phi) is 9.34. The van der Waals surface area contributed by atoms with Crippen molar-refractivity contribution < 1.29 is 28.6 Å².